The number of hydrogen-bond donors (Lipinski definition) is 1. The minimum absolute atomic E-state index is 0.262. The molecule has 0 saturated heterocycles. The molecular weight excluding hydrogens is 310 g/mol. The van der Waals surface area contributed by atoms with Crippen molar-refractivity contribution < 1.29 is 9.21 Å². The molecule has 0 fully saturated rings. The summed E-state index contributed by atoms with van der Waals surface area (Å²) in [7, 11) is 0. The van der Waals surface area contributed by atoms with Crippen LogP contribution in [-0.2, 0) is 6.42 Å². The van der Waals surface area contributed by atoms with Crippen LogP contribution in [0.5, 0.6) is 0 Å². The summed E-state index contributed by atoms with van der Waals surface area (Å²) in [5.41, 5.74) is 4.44. The number of nitrogens with one attached hydrogen (secondary N) is 1. The van der Waals surface area contributed by atoms with E-state index >= 15 is 0 Å². The number of fused-ring (bicyclic) bond motifs is 1. The Morgan fingerprint density at radius 3 is 2.70 bits per heavy atom. The lowest BCUT2D eigenvalue weighted by Gasteiger charge is -2.07. The SMILES string of the molecule is CCc1ccc2oc(C(=O)Nc3cc(Cl)ccc3C)c(C)c2c1. The molecule has 0 aliphatic heterocycles. The lowest BCUT2D eigenvalue weighted by Crippen LogP contribution is -2.13. The quantitative estimate of drug-likeness (QED) is 0.688. The highest BCUT2D eigenvalue weighted by Crippen LogP contribution is 2.28. The van der Waals surface area contributed by atoms with Crippen LogP contribution in [0.15, 0.2) is 40.8 Å². The highest BCUT2D eigenvalue weighted by molar-refractivity contribution is 6.31. The van der Waals surface area contributed by atoms with E-state index in [1.165, 1.54) is 5.56 Å². The molecule has 3 nitrogen and oxygen atoms in total. The Balaban J connectivity index is 1.97. The van der Waals surface area contributed by atoms with Crippen molar-refractivity contribution >= 4 is 34.2 Å². The van der Waals surface area contributed by atoms with Crippen molar-refractivity contribution in [3.05, 3.63) is 63.9 Å². The second-order valence-electron chi connectivity index (χ2n) is 5.65. The Labute approximate surface area is 140 Å². The maximum absolute atomic E-state index is 12.6. The van der Waals surface area contributed by atoms with Crippen molar-refractivity contribution in [2.24, 2.45) is 0 Å². The predicted octanol–water partition coefficient (Wildman–Crippen LogP) is 5.52. The number of aryl methyl sites for hydroxylation is 3. The number of carbonyl (C=O) groups excluding carboxylic acids is 1. The third-order valence-electron chi connectivity index (χ3n) is 4.06. The molecule has 4 heteroatoms. The Kier molecular flexibility index (Phi) is 4.14. The molecule has 1 aromatic heterocycles. The average molecular weight is 328 g/mol. The molecule has 0 bridgehead atoms. The topological polar surface area (TPSA) is 42.2 Å². The van der Waals surface area contributed by atoms with Gasteiger partial charge in [0.15, 0.2) is 5.76 Å². The van der Waals surface area contributed by atoms with E-state index in [1.807, 2.05) is 32.0 Å². The summed E-state index contributed by atoms with van der Waals surface area (Å²) in [5.74, 6) is 0.0785. The van der Waals surface area contributed by atoms with E-state index in [0.717, 1.165) is 28.5 Å². The maximum Gasteiger partial charge on any atom is 0.291 e. The van der Waals surface area contributed by atoms with E-state index in [9.17, 15) is 4.79 Å². The first kappa shape index (κ1) is 15.6. The maximum atomic E-state index is 12.6. The zero-order valence-corrected chi connectivity index (χ0v) is 14.1. The second-order valence-corrected chi connectivity index (χ2v) is 6.09. The highest BCUT2D eigenvalue weighted by Gasteiger charge is 2.18. The number of halogens is 1. The van der Waals surface area contributed by atoms with Crippen LogP contribution in [0.3, 0.4) is 0 Å². The highest BCUT2D eigenvalue weighted by atomic mass is 35.5. The normalized spacial score (nSPS) is 11.0. The third-order valence-corrected chi connectivity index (χ3v) is 4.30. The van der Waals surface area contributed by atoms with Gasteiger partial charge in [-0.15, -0.1) is 0 Å². The van der Waals surface area contributed by atoms with E-state index in [1.54, 1.807) is 12.1 Å². The Morgan fingerprint density at radius 1 is 1.17 bits per heavy atom. The summed E-state index contributed by atoms with van der Waals surface area (Å²) in [4.78, 5) is 12.6. The molecule has 118 valence electrons. The van der Waals surface area contributed by atoms with Crippen molar-refractivity contribution in [3.8, 4) is 0 Å². The van der Waals surface area contributed by atoms with Gasteiger partial charge >= 0.3 is 0 Å². The minimum Gasteiger partial charge on any atom is -0.451 e. The molecule has 3 aromatic rings. The monoisotopic (exact) mass is 327 g/mol. The molecule has 23 heavy (non-hydrogen) atoms. The van der Waals surface area contributed by atoms with Gasteiger partial charge in [-0.2, -0.15) is 0 Å². The average Bonchev–Trinajstić information content (AvgIpc) is 2.87. The molecule has 0 saturated carbocycles. The number of carbonyl (C=O) groups is 1. The number of hydrogen-bond acceptors (Lipinski definition) is 2. The number of anilines is 1. The van der Waals surface area contributed by atoms with Gasteiger partial charge in [0.1, 0.15) is 5.58 Å². The van der Waals surface area contributed by atoms with Crippen LogP contribution in [0.1, 0.15) is 34.2 Å². The van der Waals surface area contributed by atoms with Crippen LogP contribution in [0.2, 0.25) is 5.02 Å². The van der Waals surface area contributed by atoms with Crippen LogP contribution in [0.4, 0.5) is 5.69 Å². The van der Waals surface area contributed by atoms with E-state index in [2.05, 4.69) is 18.3 Å². The molecule has 2 aromatic carbocycles. The lowest BCUT2D eigenvalue weighted by atomic mass is 10.1. The first-order valence-electron chi connectivity index (χ1n) is 7.59. The first-order valence-corrected chi connectivity index (χ1v) is 7.97. The number of rotatable bonds is 3. The van der Waals surface area contributed by atoms with E-state index in [0.29, 0.717) is 16.5 Å². The molecule has 0 radical (unpaired) electrons. The summed E-state index contributed by atoms with van der Waals surface area (Å²) < 4.78 is 5.76. The van der Waals surface area contributed by atoms with Crippen molar-refractivity contribution in [1.29, 1.82) is 0 Å². The van der Waals surface area contributed by atoms with E-state index < -0.39 is 0 Å². The van der Waals surface area contributed by atoms with Crippen LogP contribution in [0, 0.1) is 13.8 Å². The van der Waals surface area contributed by atoms with Gasteiger partial charge in [0.25, 0.3) is 5.91 Å². The van der Waals surface area contributed by atoms with Gasteiger partial charge < -0.3 is 9.73 Å². The van der Waals surface area contributed by atoms with Crippen LogP contribution < -0.4 is 5.32 Å². The summed E-state index contributed by atoms with van der Waals surface area (Å²) in [6, 6.07) is 11.4. The molecule has 1 N–H and O–H groups in total. The molecule has 1 amide bonds. The summed E-state index contributed by atoms with van der Waals surface area (Å²) in [6.45, 7) is 5.93. The van der Waals surface area contributed by atoms with Crippen molar-refractivity contribution in [2.45, 2.75) is 27.2 Å². The fourth-order valence-electron chi connectivity index (χ4n) is 2.61. The largest absolute Gasteiger partial charge is 0.451 e. The molecule has 0 aliphatic rings. The second kappa shape index (κ2) is 6.09. The summed E-state index contributed by atoms with van der Waals surface area (Å²) in [6.07, 6.45) is 0.948. The fraction of sp³-hybridized carbons (Fsp3) is 0.211. The molecule has 3 rings (SSSR count). The first-order chi connectivity index (χ1) is 11.0. The van der Waals surface area contributed by atoms with Gasteiger partial charge in [-0.25, -0.2) is 0 Å². The Bertz CT molecular complexity index is 896. The number of amides is 1. The zero-order chi connectivity index (χ0) is 16.6. The molecule has 0 atom stereocenters. The van der Waals surface area contributed by atoms with Crippen molar-refractivity contribution in [2.75, 3.05) is 5.32 Å². The molecule has 0 unspecified atom stereocenters. The summed E-state index contributed by atoms with van der Waals surface area (Å²) in [5, 5.41) is 4.45. The predicted molar refractivity (Wildman–Crippen MR) is 94.5 cm³/mol. The van der Waals surface area contributed by atoms with E-state index in [-0.39, 0.29) is 5.91 Å². The minimum atomic E-state index is -0.262. The Hall–Kier alpha value is -2.26. The van der Waals surface area contributed by atoms with Gasteiger partial charge in [0, 0.05) is 21.7 Å². The van der Waals surface area contributed by atoms with Gasteiger partial charge in [-0.3, -0.25) is 4.79 Å². The van der Waals surface area contributed by atoms with Crippen LogP contribution in [-0.4, -0.2) is 5.91 Å². The Morgan fingerprint density at radius 2 is 1.96 bits per heavy atom. The van der Waals surface area contributed by atoms with Crippen LogP contribution >= 0.6 is 11.6 Å². The fourth-order valence-corrected chi connectivity index (χ4v) is 2.78. The molecular formula is C19H18ClNO2. The lowest BCUT2D eigenvalue weighted by molar-refractivity contribution is 0.0998. The van der Waals surface area contributed by atoms with Crippen LogP contribution in [0.25, 0.3) is 11.0 Å². The van der Waals surface area contributed by atoms with Gasteiger partial charge in [-0.05, 0) is 55.7 Å². The van der Waals surface area contributed by atoms with Gasteiger partial charge in [0.05, 0.1) is 0 Å². The standard InChI is InChI=1S/C19H18ClNO2/c1-4-13-6-8-17-15(9-13)12(3)18(23-17)19(22)21-16-10-14(20)7-5-11(16)2/h5-10H,4H2,1-3H3,(H,21,22). The van der Waals surface area contributed by atoms with E-state index in [4.69, 9.17) is 16.0 Å². The summed E-state index contributed by atoms with van der Waals surface area (Å²) >= 11 is 6.00. The number of furan rings is 1. The van der Waals surface area contributed by atoms with Crippen molar-refractivity contribution in [1.82, 2.24) is 0 Å². The van der Waals surface area contributed by atoms with Gasteiger partial charge in [0.2, 0.25) is 0 Å². The molecule has 1 heterocycles. The molecule has 0 spiro atoms. The smallest absolute Gasteiger partial charge is 0.291 e. The molecule has 0 aliphatic carbocycles. The third kappa shape index (κ3) is 2.97. The zero-order valence-electron chi connectivity index (χ0n) is 13.4. The van der Waals surface area contributed by atoms with Crippen molar-refractivity contribution in [3.63, 3.8) is 0 Å². The van der Waals surface area contributed by atoms with Gasteiger partial charge in [-0.1, -0.05) is 30.7 Å². The number of benzene rings is 2.